The first-order valence-corrected chi connectivity index (χ1v) is 5.53. The third-order valence-corrected chi connectivity index (χ3v) is 2.81. The fraction of sp³-hybridized carbons (Fsp3) is 0.143. The summed E-state index contributed by atoms with van der Waals surface area (Å²) in [6, 6.07) is 6.16. The Morgan fingerprint density at radius 2 is 2.08 bits per heavy atom. The molecule has 1 rings (SSSR count). The van der Waals surface area contributed by atoms with E-state index in [1.165, 1.54) is 12.1 Å². The van der Waals surface area contributed by atoms with Crippen molar-refractivity contribution in [2.45, 2.75) is 5.78 Å². The lowest BCUT2D eigenvalue weighted by atomic mass is 10.2. The summed E-state index contributed by atoms with van der Waals surface area (Å²) in [5, 5.41) is 0.404. The molecule has 4 N–H and O–H groups in total. The molecule has 0 unspecified atom stereocenters. The van der Waals surface area contributed by atoms with E-state index in [1.807, 2.05) is 0 Å². The highest BCUT2D eigenvalue weighted by Crippen LogP contribution is 2.48. The molecule has 0 saturated carbocycles. The van der Waals surface area contributed by atoms with Gasteiger partial charge < -0.3 is 15.5 Å². The maximum atomic E-state index is 10.8. The summed E-state index contributed by atoms with van der Waals surface area (Å²) in [5.41, 5.74) is 5.65. The second-order valence-corrected chi connectivity index (χ2v) is 4.76. The van der Waals surface area contributed by atoms with Crippen LogP contribution >= 0.6 is 19.2 Å². The van der Waals surface area contributed by atoms with E-state index in [4.69, 9.17) is 27.1 Å². The summed E-state index contributed by atoms with van der Waals surface area (Å²) in [4.78, 5) is 17.5. The molecule has 0 spiro atoms. The molecule has 1 aromatic rings. The van der Waals surface area contributed by atoms with Gasteiger partial charge in [0.05, 0.1) is 0 Å². The van der Waals surface area contributed by atoms with Gasteiger partial charge >= 0.3 is 7.60 Å². The molecule has 0 amide bonds. The molecule has 0 bridgehead atoms. The largest absolute Gasteiger partial charge is 0.346 e. The standard InChI is InChI=1S/C7H9ClNO3P/c8-6-3-1-2-5(4-6)7(9)13(10,11)12/h1-4,7H,9H2,(H2,10,11,12)/t7-/m0/s1. The Bertz CT molecular complexity index is 351. The first-order chi connectivity index (χ1) is 5.91. The Balaban J connectivity index is 3.02. The van der Waals surface area contributed by atoms with Crippen molar-refractivity contribution in [1.82, 2.24) is 0 Å². The van der Waals surface area contributed by atoms with Crippen LogP contribution in [0.5, 0.6) is 0 Å². The third kappa shape index (κ3) is 2.79. The fourth-order valence-corrected chi connectivity index (χ4v) is 1.63. The smallest absolute Gasteiger partial charge is 0.323 e. The normalized spacial score (nSPS) is 14.2. The molecule has 0 aliphatic rings. The molecule has 0 saturated heterocycles. The Morgan fingerprint density at radius 3 is 2.54 bits per heavy atom. The van der Waals surface area contributed by atoms with E-state index >= 15 is 0 Å². The number of nitrogens with two attached hydrogens (primary N) is 1. The molecule has 1 aromatic carbocycles. The lowest BCUT2D eigenvalue weighted by molar-refractivity contribution is 0.359. The van der Waals surface area contributed by atoms with Gasteiger partial charge in [-0.05, 0) is 17.7 Å². The molecule has 72 valence electrons. The minimum absolute atomic E-state index is 0.334. The van der Waals surface area contributed by atoms with E-state index in [2.05, 4.69) is 0 Å². The molecule has 0 radical (unpaired) electrons. The average molecular weight is 222 g/mol. The first-order valence-electron chi connectivity index (χ1n) is 3.47. The molecular formula is C7H9ClNO3P. The summed E-state index contributed by atoms with van der Waals surface area (Å²) < 4.78 is 10.8. The molecule has 0 aliphatic carbocycles. The molecule has 0 aromatic heterocycles. The number of hydrogen-bond acceptors (Lipinski definition) is 2. The van der Waals surface area contributed by atoms with Crippen molar-refractivity contribution in [1.29, 1.82) is 0 Å². The highest BCUT2D eigenvalue weighted by atomic mass is 35.5. The van der Waals surface area contributed by atoms with Gasteiger partial charge in [0.2, 0.25) is 0 Å². The summed E-state index contributed by atoms with van der Waals surface area (Å²) in [6.07, 6.45) is 0. The van der Waals surface area contributed by atoms with Crippen LogP contribution in [0.15, 0.2) is 24.3 Å². The monoisotopic (exact) mass is 221 g/mol. The van der Waals surface area contributed by atoms with Crippen molar-refractivity contribution < 1.29 is 14.4 Å². The molecule has 6 heteroatoms. The molecule has 13 heavy (non-hydrogen) atoms. The number of halogens is 1. The van der Waals surface area contributed by atoms with Crippen molar-refractivity contribution in [2.75, 3.05) is 0 Å². The number of benzene rings is 1. The summed E-state index contributed by atoms with van der Waals surface area (Å²) in [5.74, 6) is -1.30. The summed E-state index contributed by atoms with van der Waals surface area (Å²) in [6.45, 7) is 0. The van der Waals surface area contributed by atoms with Crippen LogP contribution in [0, 0.1) is 0 Å². The SMILES string of the molecule is N[C@H](c1cccc(Cl)c1)P(=O)(O)O. The van der Waals surface area contributed by atoms with E-state index in [1.54, 1.807) is 12.1 Å². The van der Waals surface area contributed by atoms with Gasteiger partial charge in [-0.25, -0.2) is 0 Å². The second-order valence-electron chi connectivity index (χ2n) is 2.59. The van der Waals surface area contributed by atoms with Crippen LogP contribution in [-0.4, -0.2) is 9.79 Å². The predicted molar refractivity (Wildman–Crippen MR) is 50.4 cm³/mol. The van der Waals surface area contributed by atoms with Crippen LogP contribution in [0.2, 0.25) is 5.02 Å². The van der Waals surface area contributed by atoms with Gasteiger partial charge in [-0.15, -0.1) is 0 Å². The topological polar surface area (TPSA) is 83.6 Å². The van der Waals surface area contributed by atoms with Crippen molar-refractivity contribution in [2.24, 2.45) is 5.73 Å². The van der Waals surface area contributed by atoms with Gasteiger partial charge in [0.1, 0.15) is 5.78 Å². The fourth-order valence-electron chi connectivity index (χ4n) is 0.885. The number of rotatable bonds is 2. The minimum Gasteiger partial charge on any atom is -0.323 e. The van der Waals surface area contributed by atoms with E-state index in [-0.39, 0.29) is 0 Å². The van der Waals surface area contributed by atoms with Crippen molar-refractivity contribution in [3.05, 3.63) is 34.9 Å². The van der Waals surface area contributed by atoms with Gasteiger partial charge in [-0.1, -0.05) is 23.7 Å². The van der Waals surface area contributed by atoms with Crippen LogP contribution in [0.4, 0.5) is 0 Å². The van der Waals surface area contributed by atoms with Gasteiger partial charge in [0.15, 0.2) is 0 Å². The lowest BCUT2D eigenvalue weighted by Gasteiger charge is -2.13. The highest BCUT2D eigenvalue weighted by molar-refractivity contribution is 7.52. The quantitative estimate of drug-likeness (QED) is 0.661. The van der Waals surface area contributed by atoms with E-state index in [9.17, 15) is 4.57 Å². The Labute approximate surface area is 80.5 Å². The van der Waals surface area contributed by atoms with Gasteiger partial charge in [-0.2, -0.15) is 0 Å². The van der Waals surface area contributed by atoms with Crippen LogP contribution in [0.1, 0.15) is 11.3 Å². The van der Waals surface area contributed by atoms with Gasteiger partial charge in [-0.3, -0.25) is 4.57 Å². The Hall–Kier alpha value is -0.380. The Kier molecular flexibility index (Phi) is 3.11. The lowest BCUT2D eigenvalue weighted by Crippen LogP contribution is -2.10. The Morgan fingerprint density at radius 1 is 1.46 bits per heavy atom. The maximum Gasteiger partial charge on any atom is 0.346 e. The molecule has 0 fully saturated rings. The van der Waals surface area contributed by atoms with Crippen LogP contribution < -0.4 is 5.73 Å². The molecule has 0 heterocycles. The second kappa shape index (κ2) is 3.78. The van der Waals surface area contributed by atoms with Gasteiger partial charge in [0, 0.05) is 5.02 Å². The van der Waals surface area contributed by atoms with Crippen LogP contribution in [-0.2, 0) is 4.57 Å². The van der Waals surface area contributed by atoms with Crippen molar-refractivity contribution in [3.8, 4) is 0 Å². The summed E-state index contributed by atoms with van der Waals surface area (Å²) in [7, 11) is -4.28. The van der Waals surface area contributed by atoms with Gasteiger partial charge in [0.25, 0.3) is 0 Å². The van der Waals surface area contributed by atoms with E-state index in [0.29, 0.717) is 10.6 Å². The number of hydrogen-bond donors (Lipinski definition) is 3. The first kappa shape index (κ1) is 10.7. The molecular weight excluding hydrogens is 213 g/mol. The molecule has 4 nitrogen and oxygen atoms in total. The zero-order chi connectivity index (χ0) is 10.1. The maximum absolute atomic E-state index is 10.8. The predicted octanol–water partition coefficient (Wildman–Crippen LogP) is 1.47. The average Bonchev–Trinajstić information content (AvgIpc) is 2.01. The zero-order valence-corrected chi connectivity index (χ0v) is 8.24. The zero-order valence-electron chi connectivity index (χ0n) is 6.59. The summed E-state index contributed by atoms with van der Waals surface area (Å²) >= 11 is 5.63. The molecule has 1 atom stereocenters. The molecule has 0 aliphatic heterocycles. The van der Waals surface area contributed by atoms with Crippen LogP contribution in [0.25, 0.3) is 0 Å². The van der Waals surface area contributed by atoms with Crippen LogP contribution in [0.3, 0.4) is 0 Å². The minimum atomic E-state index is -4.28. The highest BCUT2D eigenvalue weighted by Gasteiger charge is 2.26. The van der Waals surface area contributed by atoms with Crippen molar-refractivity contribution in [3.63, 3.8) is 0 Å². The van der Waals surface area contributed by atoms with Crippen molar-refractivity contribution >= 4 is 19.2 Å². The van der Waals surface area contributed by atoms with E-state index < -0.39 is 13.4 Å². The van der Waals surface area contributed by atoms with E-state index in [0.717, 1.165) is 0 Å². The third-order valence-electron chi connectivity index (χ3n) is 1.55.